The fourth-order valence-corrected chi connectivity index (χ4v) is 6.45. The Morgan fingerprint density at radius 1 is 1.18 bits per heavy atom. The van der Waals surface area contributed by atoms with Crippen molar-refractivity contribution in [1.29, 1.82) is 0 Å². The van der Waals surface area contributed by atoms with Crippen molar-refractivity contribution < 1.29 is 31.9 Å². The maximum Gasteiger partial charge on any atom is 0.406 e. The highest BCUT2D eigenvalue weighted by Crippen LogP contribution is 2.62. The van der Waals surface area contributed by atoms with Crippen LogP contribution in [0.4, 0.5) is 17.6 Å². The number of carbonyl (C=O) groups excluding carboxylic acids is 2. The lowest BCUT2D eigenvalue weighted by Gasteiger charge is -2.43. The first kappa shape index (κ1) is 26.4. The van der Waals surface area contributed by atoms with Gasteiger partial charge in [-0.15, -0.1) is 0 Å². The Morgan fingerprint density at radius 3 is 2.53 bits per heavy atom. The molecule has 1 spiro atoms. The summed E-state index contributed by atoms with van der Waals surface area (Å²) in [6.45, 7) is 0.263. The van der Waals surface area contributed by atoms with Crippen molar-refractivity contribution in [2.24, 2.45) is 29.2 Å². The van der Waals surface area contributed by atoms with E-state index >= 15 is 0 Å². The average Bonchev–Trinajstić information content (AvgIpc) is 3.34. The molecule has 3 atom stereocenters. The molecule has 38 heavy (non-hydrogen) atoms. The van der Waals surface area contributed by atoms with Crippen LogP contribution in [0.5, 0.6) is 5.88 Å². The van der Waals surface area contributed by atoms with Gasteiger partial charge >= 0.3 is 6.18 Å². The van der Waals surface area contributed by atoms with Gasteiger partial charge in [0.2, 0.25) is 11.8 Å². The van der Waals surface area contributed by atoms with Gasteiger partial charge in [-0.2, -0.15) is 18.3 Å². The smallest absolute Gasteiger partial charge is 0.406 e. The van der Waals surface area contributed by atoms with E-state index in [1.54, 1.807) is 4.90 Å². The van der Waals surface area contributed by atoms with Gasteiger partial charge in [0.05, 0.1) is 19.0 Å². The van der Waals surface area contributed by atoms with Crippen LogP contribution >= 0.6 is 0 Å². The predicted octanol–water partition coefficient (Wildman–Crippen LogP) is 3.17. The topological polar surface area (TPSA) is 140 Å². The number of nitrogens with two attached hydrogens (primary N) is 2. The van der Waals surface area contributed by atoms with E-state index in [0.717, 1.165) is 6.20 Å². The zero-order valence-electron chi connectivity index (χ0n) is 20.9. The second-order valence-corrected chi connectivity index (χ2v) is 10.8. The quantitative estimate of drug-likeness (QED) is 0.500. The minimum atomic E-state index is -4.47. The summed E-state index contributed by atoms with van der Waals surface area (Å²) >= 11 is 0. The van der Waals surface area contributed by atoms with Crippen molar-refractivity contribution in [3.63, 3.8) is 0 Å². The van der Waals surface area contributed by atoms with E-state index in [2.05, 4.69) is 15.2 Å². The molecular formula is C25H30F4N6O3. The molecule has 9 nitrogen and oxygen atoms in total. The van der Waals surface area contributed by atoms with Gasteiger partial charge < -0.3 is 21.1 Å². The minimum Gasteiger partial charge on any atom is -0.481 e. The lowest BCUT2D eigenvalue weighted by Crippen LogP contribution is -2.56. The Hall–Kier alpha value is -3.22. The summed E-state index contributed by atoms with van der Waals surface area (Å²) < 4.78 is 59.8. The van der Waals surface area contributed by atoms with Crippen LogP contribution in [-0.2, 0) is 4.79 Å². The molecule has 3 fully saturated rings. The number of likely N-dealkylation sites (tertiary alicyclic amines) is 1. The van der Waals surface area contributed by atoms with Crippen LogP contribution in [0.2, 0.25) is 0 Å². The molecule has 5 rings (SSSR count). The molecule has 3 aliphatic rings. The summed E-state index contributed by atoms with van der Waals surface area (Å²) in [5, 5.41) is 6.81. The number of hydrogen-bond donors (Lipinski definition) is 3. The van der Waals surface area contributed by atoms with E-state index in [1.807, 2.05) is 0 Å². The van der Waals surface area contributed by atoms with Crippen LogP contribution in [0.25, 0.3) is 11.3 Å². The summed E-state index contributed by atoms with van der Waals surface area (Å²) in [4.78, 5) is 31.2. The van der Waals surface area contributed by atoms with Gasteiger partial charge in [0, 0.05) is 29.6 Å². The zero-order chi connectivity index (χ0) is 27.5. The largest absolute Gasteiger partial charge is 0.481 e. The number of pyridine rings is 1. The molecule has 0 radical (unpaired) electrons. The average molecular weight is 539 g/mol. The van der Waals surface area contributed by atoms with Gasteiger partial charge in [0.1, 0.15) is 5.54 Å². The number of rotatable bonds is 5. The van der Waals surface area contributed by atoms with Crippen LogP contribution in [0, 0.1) is 23.6 Å². The molecule has 13 heteroatoms. The number of aromatic amines is 1. The summed E-state index contributed by atoms with van der Waals surface area (Å²) in [7, 11) is 1.40. The Labute approximate surface area is 216 Å². The fourth-order valence-electron chi connectivity index (χ4n) is 6.45. The summed E-state index contributed by atoms with van der Waals surface area (Å²) in [5.41, 5.74) is 8.87. The van der Waals surface area contributed by atoms with Crippen molar-refractivity contribution in [3.05, 3.63) is 29.8 Å². The highest BCUT2D eigenvalue weighted by molar-refractivity contribution is 5.94. The molecule has 2 aliphatic carbocycles. The molecule has 3 unspecified atom stereocenters. The Kier molecular flexibility index (Phi) is 6.40. The van der Waals surface area contributed by atoms with Crippen molar-refractivity contribution >= 4 is 11.8 Å². The van der Waals surface area contributed by atoms with Crippen LogP contribution < -0.4 is 16.2 Å². The fraction of sp³-hybridized carbons (Fsp3) is 0.600. The molecule has 2 aromatic rings. The normalized spacial score (nSPS) is 31.3. The van der Waals surface area contributed by atoms with Crippen LogP contribution in [0.3, 0.4) is 0 Å². The van der Waals surface area contributed by atoms with Crippen LogP contribution in [0.1, 0.15) is 55.4 Å². The number of alkyl halides is 3. The number of H-pyrrole nitrogens is 1. The molecule has 5 N–H and O–H groups in total. The third-order valence-corrected chi connectivity index (χ3v) is 8.77. The maximum atomic E-state index is 14.4. The van der Waals surface area contributed by atoms with E-state index in [9.17, 15) is 27.2 Å². The number of nitrogens with zero attached hydrogens (tertiary/aromatic N) is 3. The van der Waals surface area contributed by atoms with Crippen molar-refractivity contribution in [1.82, 2.24) is 20.1 Å². The molecular weight excluding hydrogens is 508 g/mol. The van der Waals surface area contributed by atoms with Crippen molar-refractivity contribution in [3.8, 4) is 17.1 Å². The lowest BCUT2D eigenvalue weighted by molar-refractivity contribution is -0.196. The van der Waals surface area contributed by atoms with E-state index in [4.69, 9.17) is 16.2 Å². The highest BCUT2D eigenvalue weighted by atomic mass is 19.4. The van der Waals surface area contributed by atoms with Gasteiger partial charge in [-0.05, 0) is 62.8 Å². The number of nitrogens with one attached hydrogen (secondary N) is 1. The number of amides is 2. The molecule has 3 heterocycles. The number of aromatic nitrogens is 3. The zero-order valence-corrected chi connectivity index (χ0v) is 20.9. The van der Waals surface area contributed by atoms with Crippen LogP contribution in [-0.4, -0.2) is 62.8 Å². The van der Waals surface area contributed by atoms with Crippen molar-refractivity contribution in [2.75, 3.05) is 13.7 Å². The molecule has 206 valence electrons. The molecule has 2 amide bonds. The SMILES string of the molecule is COc1cc(-c2cc(C(=O)N3CCC(C(N)=O)CC34CC4C3CCC(N)(C(F)(F)F)CC3)n[nH]2)c(F)cn1. The summed E-state index contributed by atoms with van der Waals surface area (Å²) in [5.74, 6) is -1.81. The third-order valence-electron chi connectivity index (χ3n) is 8.77. The number of halogens is 4. The van der Waals surface area contributed by atoms with Gasteiger partial charge in [0.15, 0.2) is 11.5 Å². The number of methoxy groups -OCH3 is 1. The molecule has 2 aromatic heterocycles. The van der Waals surface area contributed by atoms with Crippen molar-refractivity contribution in [2.45, 2.75) is 62.2 Å². The first-order valence-corrected chi connectivity index (χ1v) is 12.6. The first-order chi connectivity index (χ1) is 17.9. The van der Waals surface area contributed by atoms with Gasteiger partial charge in [-0.3, -0.25) is 14.7 Å². The number of hydrogen-bond acceptors (Lipinski definition) is 6. The first-order valence-electron chi connectivity index (χ1n) is 12.6. The number of primary amides is 1. The van der Waals surface area contributed by atoms with Gasteiger partial charge in [0.25, 0.3) is 5.91 Å². The standard InChI is InChI=1S/C25H30F4N6O3/c1-38-20-8-15(17(26)12-32-20)18-9-19(34-33-18)22(37)35-7-4-14(21(30)36)10-23(35)11-16(23)13-2-5-24(31,6-3-13)25(27,28)29/h8-9,12-14,16H,2-7,10-11,31H2,1H3,(H2,30,36)(H,33,34). The second kappa shape index (κ2) is 9.21. The summed E-state index contributed by atoms with van der Waals surface area (Å²) in [6, 6.07) is 2.83. The predicted molar refractivity (Wildman–Crippen MR) is 127 cm³/mol. The molecule has 0 bridgehead atoms. The monoisotopic (exact) mass is 538 g/mol. The van der Waals surface area contributed by atoms with E-state index in [0.29, 0.717) is 32.1 Å². The van der Waals surface area contributed by atoms with Gasteiger partial charge in [-0.1, -0.05) is 0 Å². The second-order valence-electron chi connectivity index (χ2n) is 10.8. The molecule has 1 saturated heterocycles. The van der Waals surface area contributed by atoms with Crippen LogP contribution in [0.15, 0.2) is 18.3 Å². The Morgan fingerprint density at radius 2 is 1.89 bits per heavy atom. The molecule has 2 saturated carbocycles. The maximum absolute atomic E-state index is 14.4. The van der Waals surface area contributed by atoms with E-state index in [1.165, 1.54) is 19.2 Å². The van der Waals surface area contributed by atoms with E-state index in [-0.39, 0.29) is 54.1 Å². The minimum absolute atomic E-state index is 0.0518. The van der Waals surface area contributed by atoms with Gasteiger partial charge in [-0.25, -0.2) is 9.37 Å². The number of piperidine rings is 1. The number of ether oxygens (including phenoxy) is 1. The number of carbonyl (C=O) groups is 2. The molecule has 1 aliphatic heterocycles. The lowest BCUT2D eigenvalue weighted by atomic mass is 9.73. The highest BCUT2D eigenvalue weighted by Gasteiger charge is 2.65. The molecule has 0 aromatic carbocycles. The Balaban J connectivity index is 1.38. The van der Waals surface area contributed by atoms with E-state index < -0.39 is 40.8 Å². The third kappa shape index (κ3) is 4.40. The summed E-state index contributed by atoms with van der Waals surface area (Å²) in [6.07, 6.45) is -1.92. The Bertz CT molecular complexity index is 1240.